The maximum absolute atomic E-state index is 3.60. The first-order valence-electron chi connectivity index (χ1n) is 9.41. The van der Waals surface area contributed by atoms with Crippen LogP contribution in [0.4, 0.5) is 0 Å². The molecule has 0 radical (unpaired) electrons. The molecule has 1 saturated heterocycles. The first kappa shape index (κ1) is 21.3. The van der Waals surface area contributed by atoms with E-state index in [9.17, 15) is 0 Å². The number of rotatable bonds is 0. The molecule has 0 bridgehead atoms. The lowest BCUT2D eigenvalue weighted by atomic mass is 10.1. The van der Waals surface area contributed by atoms with Gasteiger partial charge >= 0.3 is 0 Å². The zero-order valence-electron chi connectivity index (χ0n) is 14.2. The standard InChI is InChI=1S/C18H38N2.H2S/c1-2-4-8-12-16-20-18-14-10-6-5-9-13-17-19-15-11-7-3-1;/h19-20H,1-18H2;1H2. The van der Waals surface area contributed by atoms with Gasteiger partial charge in [-0.05, 0) is 51.9 Å². The molecule has 0 unspecified atom stereocenters. The summed E-state index contributed by atoms with van der Waals surface area (Å²) in [4.78, 5) is 0. The zero-order valence-corrected chi connectivity index (χ0v) is 15.2. The lowest BCUT2D eigenvalue weighted by molar-refractivity contribution is 0.514. The molecule has 0 aliphatic carbocycles. The molecule has 0 aromatic heterocycles. The quantitative estimate of drug-likeness (QED) is 0.673. The zero-order chi connectivity index (χ0) is 14.1. The fourth-order valence-corrected chi connectivity index (χ4v) is 3.02. The second-order valence-electron chi connectivity index (χ2n) is 6.45. The van der Waals surface area contributed by atoms with Crippen molar-refractivity contribution in [2.75, 3.05) is 26.2 Å². The molecule has 21 heavy (non-hydrogen) atoms. The van der Waals surface area contributed by atoms with Crippen molar-refractivity contribution in [2.24, 2.45) is 0 Å². The van der Waals surface area contributed by atoms with Crippen LogP contribution in [-0.4, -0.2) is 26.2 Å². The van der Waals surface area contributed by atoms with Gasteiger partial charge in [0.15, 0.2) is 0 Å². The Morgan fingerprint density at radius 2 is 0.476 bits per heavy atom. The van der Waals surface area contributed by atoms with Crippen molar-refractivity contribution in [2.45, 2.75) is 89.9 Å². The topological polar surface area (TPSA) is 24.1 Å². The van der Waals surface area contributed by atoms with Gasteiger partial charge in [-0.1, -0.05) is 64.2 Å². The molecule has 2 nitrogen and oxygen atoms in total. The van der Waals surface area contributed by atoms with E-state index in [2.05, 4.69) is 10.6 Å². The van der Waals surface area contributed by atoms with E-state index in [-0.39, 0.29) is 13.5 Å². The summed E-state index contributed by atoms with van der Waals surface area (Å²) >= 11 is 0. The van der Waals surface area contributed by atoms with Crippen LogP contribution in [0.3, 0.4) is 0 Å². The highest BCUT2D eigenvalue weighted by Gasteiger charge is 1.95. The molecule has 0 spiro atoms. The summed E-state index contributed by atoms with van der Waals surface area (Å²) in [5.41, 5.74) is 0. The van der Waals surface area contributed by atoms with Crippen LogP contribution in [0.25, 0.3) is 0 Å². The van der Waals surface area contributed by atoms with E-state index in [4.69, 9.17) is 0 Å². The smallest absolute Gasteiger partial charge is 0.00489 e. The molecule has 0 amide bonds. The highest BCUT2D eigenvalue weighted by atomic mass is 32.1. The van der Waals surface area contributed by atoms with Crippen LogP contribution in [0.15, 0.2) is 0 Å². The summed E-state index contributed by atoms with van der Waals surface area (Å²) in [5.74, 6) is 0. The van der Waals surface area contributed by atoms with Crippen molar-refractivity contribution in [1.29, 1.82) is 0 Å². The van der Waals surface area contributed by atoms with Gasteiger partial charge in [0.2, 0.25) is 0 Å². The minimum atomic E-state index is 0. The number of hydrogen-bond acceptors (Lipinski definition) is 2. The SMILES string of the molecule is C1CCCCCNCCCCCCCCNCCCC1.S. The average Bonchev–Trinajstić information content (AvgIpc) is 2.46. The molecule has 1 fully saturated rings. The summed E-state index contributed by atoms with van der Waals surface area (Å²) < 4.78 is 0. The molecule has 0 aromatic carbocycles. The minimum absolute atomic E-state index is 0. The molecule has 1 aliphatic heterocycles. The molecule has 1 rings (SSSR count). The summed E-state index contributed by atoms with van der Waals surface area (Å²) in [5, 5.41) is 7.20. The Balaban J connectivity index is 0.00000400. The van der Waals surface area contributed by atoms with Gasteiger partial charge in [0.1, 0.15) is 0 Å². The Morgan fingerprint density at radius 1 is 0.286 bits per heavy atom. The Hall–Kier alpha value is 0.270. The predicted octanol–water partition coefficient (Wildman–Crippen LogP) is 4.75. The molecule has 3 heteroatoms. The summed E-state index contributed by atoms with van der Waals surface area (Å²) in [6, 6.07) is 0. The van der Waals surface area contributed by atoms with Gasteiger partial charge in [-0.2, -0.15) is 13.5 Å². The Morgan fingerprint density at radius 3 is 0.714 bits per heavy atom. The maximum atomic E-state index is 3.60. The highest BCUT2D eigenvalue weighted by Crippen LogP contribution is 2.08. The van der Waals surface area contributed by atoms with E-state index in [1.165, 1.54) is 116 Å². The molecular weight excluding hydrogens is 276 g/mol. The third kappa shape index (κ3) is 16.5. The van der Waals surface area contributed by atoms with Crippen molar-refractivity contribution in [1.82, 2.24) is 10.6 Å². The average molecular weight is 317 g/mol. The van der Waals surface area contributed by atoms with Gasteiger partial charge in [-0.15, -0.1) is 0 Å². The summed E-state index contributed by atoms with van der Waals surface area (Å²) in [7, 11) is 0. The fourth-order valence-electron chi connectivity index (χ4n) is 3.02. The molecule has 0 saturated carbocycles. The fraction of sp³-hybridized carbons (Fsp3) is 1.00. The summed E-state index contributed by atoms with van der Waals surface area (Å²) in [6.45, 7) is 4.96. The molecular formula is C18H40N2S. The maximum Gasteiger partial charge on any atom is -0.00489 e. The normalized spacial score (nSPS) is 22.9. The number of hydrogen-bond donors (Lipinski definition) is 2. The Labute approximate surface area is 140 Å². The highest BCUT2D eigenvalue weighted by molar-refractivity contribution is 7.59. The van der Waals surface area contributed by atoms with Crippen LogP contribution >= 0.6 is 13.5 Å². The van der Waals surface area contributed by atoms with E-state index in [0.717, 1.165) is 0 Å². The second kappa shape index (κ2) is 18.3. The molecule has 1 aliphatic rings. The van der Waals surface area contributed by atoms with Crippen LogP contribution in [0.2, 0.25) is 0 Å². The van der Waals surface area contributed by atoms with E-state index < -0.39 is 0 Å². The molecule has 0 aromatic rings. The van der Waals surface area contributed by atoms with E-state index in [0.29, 0.717) is 0 Å². The van der Waals surface area contributed by atoms with Crippen LogP contribution in [0.1, 0.15) is 89.9 Å². The van der Waals surface area contributed by atoms with E-state index in [1.54, 1.807) is 0 Å². The van der Waals surface area contributed by atoms with Gasteiger partial charge in [0.25, 0.3) is 0 Å². The predicted molar refractivity (Wildman–Crippen MR) is 101 cm³/mol. The van der Waals surface area contributed by atoms with Crippen molar-refractivity contribution in [3.8, 4) is 0 Å². The lowest BCUT2D eigenvalue weighted by Crippen LogP contribution is -2.17. The van der Waals surface area contributed by atoms with E-state index in [1.807, 2.05) is 0 Å². The van der Waals surface area contributed by atoms with Crippen molar-refractivity contribution in [3.63, 3.8) is 0 Å². The largest absolute Gasteiger partial charge is 0.317 e. The lowest BCUT2D eigenvalue weighted by Gasteiger charge is -2.07. The number of nitrogens with one attached hydrogen (secondary N) is 2. The molecule has 0 atom stereocenters. The first-order chi connectivity index (χ1) is 10.0. The summed E-state index contributed by atoms with van der Waals surface area (Å²) in [6.07, 6.45) is 19.8. The third-order valence-corrected chi connectivity index (χ3v) is 4.41. The third-order valence-electron chi connectivity index (χ3n) is 4.41. The second-order valence-corrected chi connectivity index (χ2v) is 6.45. The Bertz CT molecular complexity index is 102. The molecule has 2 N–H and O–H groups in total. The van der Waals surface area contributed by atoms with E-state index >= 15 is 0 Å². The molecule has 1 heterocycles. The monoisotopic (exact) mass is 316 g/mol. The van der Waals surface area contributed by atoms with Crippen molar-refractivity contribution < 1.29 is 0 Å². The minimum Gasteiger partial charge on any atom is -0.317 e. The van der Waals surface area contributed by atoms with Gasteiger partial charge in [-0.3, -0.25) is 0 Å². The van der Waals surface area contributed by atoms with Crippen LogP contribution in [0.5, 0.6) is 0 Å². The van der Waals surface area contributed by atoms with Crippen molar-refractivity contribution >= 4 is 13.5 Å². The van der Waals surface area contributed by atoms with Crippen LogP contribution in [0, 0.1) is 0 Å². The van der Waals surface area contributed by atoms with Gasteiger partial charge < -0.3 is 10.6 Å². The van der Waals surface area contributed by atoms with Gasteiger partial charge in [-0.25, -0.2) is 0 Å². The first-order valence-corrected chi connectivity index (χ1v) is 9.41. The van der Waals surface area contributed by atoms with Crippen LogP contribution < -0.4 is 10.6 Å². The Kier molecular flexibility index (Phi) is 18.6. The van der Waals surface area contributed by atoms with Gasteiger partial charge in [0.05, 0.1) is 0 Å². The molecule has 128 valence electrons. The van der Waals surface area contributed by atoms with Crippen LogP contribution in [-0.2, 0) is 0 Å². The van der Waals surface area contributed by atoms with Gasteiger partial charge in [0, 0.05) is 0 Å². The van der Waals surface area contributed by atoms with Crippen molar-refractivity contribution in [3.05, 3.63) is 0 Å².